The van der Waals surface area contributed by atoms with Gasteiger partial charge in [0.05, 0.1) is 0 Å². The van der Waals surface area contributed by atoms with Crippen LogP contribution >= 0.6 is 0 Å². The first-order valence-corrected chi connectivity index (χ1v) is 6.48. The van der Waals surface area contributed by atoms with E-state index in [9.17, 15) is 9.59 Å². The third-order valence-electron chi connectivity index (χ3n) is 3.61. The van der Waals surface area contributed by atoms with Crippen LogP contribution in [0.3, 0.4) is 0 Å². The van der Waals surface area contributed by atoms with Gasteiger partial charge in [-0.05, 0) is 44.2 Å². The Hall–Kier alpha value is -1.88. The number of nitrogens with two attached hydrogens (primary N) is 1. The standard InChI is InChI=1S/C14H19N3O2/c1-16-12-6-8-17(9-7-12)14(19)11-4-2-10(3-5-11)13(15)18/h2-5,12,16H,6-9H2,1H3,(H2,15,18). The average Bonchev–Trinajstić information content (AvgIpc) is 2.46. The van der Waals surface area contributed by atoms with Crippen LogP contribution in [0, 0.1) is 0 Å². The van der Waals surface area contributed by atoms with Crippen molar-refractivity contribution in [3.05, 3.63) is 35.4 Å². The van der Waals surface area contributed by atoms with Crippen molar-refractivity contribution in [1.29, 1.82) is 0 Å². The molecule has 1 saturated heterocycles. The van der Waals surface area contributed by atoms with E-state index in [-0.39, 0.29) is 5.91 Å². The number of hydrogen-bond acceptors (Lipinski definition) is 3. The number of nitrogens with zero attached hydrogens (tertiary/aromatic N) is 1. The molecule has 1 aliphatic rings. The number of primary amides is 1. The van der Waals surface area contributed by atoms with Crippen molar-refractivity contribution in [2.75, 3.05) is 20.1 Å². The molecule has 19 heavy (non-hydrogen) atoms. The SMILES string of the molecule is CNC1CCN(C(=O)c2ccc(C(N)=O)cc2)CC1. The molecule has 0 bridgehead atoms. The number of likely N-dealkylation sites (tertiary alicyclic amines) is 1. The Kier molecular flexibility index (Phi) is 4.16. The molecule has 5 heteroatoms. The molecule has 2 rings (SSSR count). The minimum atomic E-state index is -0.478. The zero-order valence-electron chi connectivity index (χ0n) is 11.1. The van der Waals surface area contributed by atoms with Crippen LogP contribution in [0.5, 0.6) is 0 Å². The van der Waals surface area contributed by atoms with Gasteiger partial charge in [-0.3, -0.25) is 9.59 Å². The predicted octanol–water partition coefficient (Wildman–Crippen LogP) is 0.609. The molecule has 3 N–H and O–H groups in total. The number of carbonyl (C=O) groups is 2. The van der Waals surface area contributed by atoms with Crippen LogP contribution in [-0.2, 0) is 0 Å². The Morgan fingerprint density at radius 2 is 1.68 bits per heavy atom. The fourth-order valence-corrected chi connectivity index (χ4v) is 2.33. The molecular formula is C14H19N3O2. The second-order valence-corrected chi connectivity index (χ2v) is 4.80. The summed E-state index contributed by atoms with van der Waals surface area (Å²) >= 11 is 0. The van der Waals surface area contributed by atoms with E-state index in [0.29, 0.717) is 17.2 Å². The molecule has 102 valence electrons. The highest BCUT2D eigenvalue weighted by Crippen LogP contribution is 2.14. The summed E-state index contributed by atoms with van der Waals surface area (Å²) in [5.41, 5.74) is 6.20. The van der Waals surface area contributed by atoms with E-state index < -0.39 is 5.91 Å². The fraction of sp³-hybridized carbons (Fsp3) is 0.429. The lowest BCUT2D eigenvalue weighted by Gasteiger charge is -2.31. The molecule has 1 aromatic rings. The Morgan fingerprint density at radius 1 is 1.16 bits per heavy atom. The molecule has 0 unspecified atom stereocenters. The van der Waals surface area contributed by atoms with Crippen LogP contribution in [0.4, 0.5) is 0 Å². The lowest BCUT2D eigenvalue weighted by Crippen LogP contribution is -2.43. The molecule has 1 aromatic carbocycles. The smallest absolute Gasteiger partial charge is 0.253 e. The molecule has 0 spiro atoms. The van der Waals surface area contributed by atoms with E-state index in [1.807, 2.05) is 11.9 Å². The van der Waals surface area contributed by atoms with Crippen LogP contribution < -0.4 is 11.1 Å². The van der Waals surface area contributed by atoms with Crippen molar-refractivity contribution in [1.82, 2.24) is 10.2 Å². The molecule has 2 amide bonds. The van der Waals surface area contributed by atoms with Gasteiger partial charge in [0.2, 0.25) is 5.91 Å². The molecule has 0 aromatic heterocycles. The predicted molar refractivity (Wildman–Crippen MR) is 72.9 cm³/mol. The highest BCUT2D eigenvalue weighted by Gasteiger charge is 2.22. The van der Waals surface area contributed by atoms with Gasteiger partial charge in [-0.2, -0.15) is 0 Å². The lowest BCUT2D eigenvalue weighted by molar-refractivity contribution is 0.0707. The van der Waals surface area contributed by atoms with Gasteiger partial charge in [-0.25, -0.2) is 0 Å². The highest BCUT2D eigenvalue weighted by molar-refractivity contribution is 5.97. The van der Waals surface area contributed by atoms with E-state index in [0.717, 1.165) is 25.9 Å². The molecule has 0 radical (unpaired) electrons. The Morgan fingerprint density at radius 3 is 2.16 bits per heavy atom. The normalized spacial score (nSPS) is 16.4. The zero-order valence-corrected chi connectivity index (χ0v) is 11.1. The van der Waals surface area contributed by atoms with Crippen LogP contribution in [0.2, 0.25) is 0 Å². The van der Waals surface area contributed by atoms with Crippen molar-refractivity contribution in [3.63, 3.8) is 0 Å². The largest absolute Gasteiger partial charge is 0.366 e. The van der Waals surface area contributed by atoms with Gasteiger partial charge in [0.25, 0.3) is 5.91 Å². The number of piperidine rings is 1. The second-order valence-electron chi connectivity index (χ2n) is 4.80. The van der Waals surface area contributed by atoms with Crippen molar-refractivity contribution in [3.8, 4) is 0 Å². The molecule has 5 nitrogen and oxygen atoms in total. The quantitative estimate of drug-likeness (QED) is 0.837. The molecule has 1 fully saturated rings. The second kappa shape index (κ2) is 5.84. The third-order valence-corrected chi connectivity index (χ3v) is 3.61. The van der Waals surface area contributed by atoms with E-state index in [1.165, 1.54) is 0 Å². The number of carbonyl (C=O) groups excluding carboxylic acids is 2. The Bertz CT molecular complexity index is 462. The van der Waals surface area contributed by atoms with Crippen LogP contribution in [0.15, 0.2) is 24.3 Å². The summed E-state index contributed by atoms with van der Waals surface area (Å²) in [4.78, 5) is 25.1. The van der Waals surface area contributed by atoms with Crippen molar-refractivity contribution < 1.29 is 9.59 Å². The average molecular weight is 261 g/mol. The number of hydrogen-bond donors (Lipinski definition) is 2. The van der Waals surface area contributed by atoms with Crippen molar-refractivity contribution in [2.45, 2.75) is 18.9 Å². The number of nitrogens with one attached hydrogen (secondary N) is 1. The van der Waals surface area contributed by atoms with E-state index in [4.69, 9.17) is 5.73 Å². The minimum absolute atomic E-state index is 0.0190. The van der Waals surface area contributed by atoms with Gasteiger partial charge in [0.15, 0.2) is 0 Å². The van der Waals surface area contributed by atoms with Crippen LogP contribution in [0.1, 0.15) is 33.6 Å². The van der Waals surface area contributed by atoms with Crippen molar-refractivity contribution in [2.24, 2.45) is 5.73 Å². The number of benzene rings is 1. The molecular weight excluding hydrogens is 242 g/mol. The van der Waals surface area contributed by atoms with Gasteiger partial charge >= 0.3 is 0 Å². The first kappa shape index (κ1) is 13.5. The maximum atomic E-state index is 12.3. The van der Waals surface area contributed by atoms with E-state index in [1.54, 1.807) is 24.3 Å². The van der Waals surface area contributed by atoms with Gasteiger partial charge in [0.1, 0.15) is 0 Å². The van der Waals surface area contributed by atoms with Gasteiger partial charge in [-0.15, -0.1) is 0 Å². The van der Waals surface area contributed by atoms with Crippen molar-refractivity contribution >= 4 is 11.8 Å². The first-order valence-electron chi connectivity index (χ1n) is 6.48. The maximum Gasteiger partial charge on any atom is 0.253 e. The summed E-state index contributed by atoms with van der Waals surface area (Å²) in [7, 11) is 1.95. The zero-order chi connectivity index (χ0) is 13.8. The third kappa shape index (κ3) is 3.12. The Labute approximate surface area is 112 Å². The molecule has 0 aliphatic carbocycles. The Balaban J connectivity index is 2.02. The molecule has 0 saturated carbocycles. The fourth-order valence-electron chi connectivity index (χ4n) is 2.33. The summed E-state index contributed by atoms with van der Waals surface area (Å²) in [5.74, 6) is -0.459. The van der Waals surface area contributed by atoms with E-state index >= 15 is 0 Å². The lowest BCUT2D eigenvalue weighted by atomic mass is 10.0. The number of rotatable bonds is 3. The van der Waals surface area contributed by atoms with Crippen LogP contribution in [0.25, 0.3) is 0 Å². The van der Waals surface area contributed by atoms with Gasteiger partial charge in [-0.1, -0.05) is 0 Å². The summed E-state index contributed by atoms with van der Waals surface area (Å²) < 4.78 is 0. The van der Waals surface area contributed by atoms with Gasteiger partial charge < -0.3 is 16.0 Å². The topological polar surface area (TPSA) is 75.4 Å². The summed E-state index contributed by atoms with van der Waals surface area (Å²) in [5, 5.41) is 3.23. The maximum absolute atomic E-state index is 12.3. The molecule has 1 aliphatic heterocycles. The molecule has 0 atom stereocenters. The summed E-state index contributed by atoms with van der Waals surface area (Å²) in [6.07, 6.45) is 1.95. The monoisotopic (exact) mass is 261 g/mol. The number of amides is 2. The highest BCUT2D eigenvalue weighted by atomic mass is 16.2. The first-order chi connectivity index (χ1) is 9.11. The summed E-state index contributed by atoms with van der Waals surface area (Å²) in [6.45, 7) is 1.53. The van der Waals surface area contributed by atoms with Gasteiger partial charge in [0, 0.05) is 30.3 Å². The minimum Gasteiger partial charge on any atom is -0.366 e. The van der Waals surface area contributed by atoms with E-state index in [2.05, 4.69) is 5.32 Å². The summed E-state index contributed by atoms with van der Waals surface area (Å²) in [6, 6.07) is 7.01. The molecule has 1 heterocycles. The van der Waals surface area contributed by atoms with Crippen LogP contribution in [-0.4, -0.2) is 42.9 Å².